The minimum atomic E-state index is -0.0966. The van der Waals surface area contributed by atoms with Gasteiger partial charge in [-0.15, -0.1) is 11.3 Å². The predicted octanol–water partition coefficient (Wildman–Crippen LogP) is 6.29. The highest BCUT2D eigenvalue weighted by Crippen LogP contribution is 2.24. The largest absolute Gasteiger partial charge is 0.322 e. The van der Waals surface area contributed by atoms with Crippen molar-refractivity contribution in [3.8, 4) is 0 Å². The molecule has 0 bridgehead atoms. The molecule has 0 spiro atoms. The number of carbonyl (C=O) groups excluding carboxylic acids is 1. The fourth-order valence-corrected chi connectivity index (χ4v) is 4.50. The van der Waals surface area contributed by atoms with E-state index >= 15 is 0 Å². The third-order valence-electron chi connectivity index (χ3n) is 4.94. The highest BCUT2D eigenvalue weighted by molar-refractivity contribution is 7.18. The fourth-order valence-electron chi connectivity index (χ4n) is 3.50. The monoisotopic (exact) mass is 394 g/mol. The Hall–Kier alpha value is -3.50. The number of benzene rings is 4. The van der Waals surface area contributed by atoms with Crippen molar-refractivity contribution in [2.75, 3.05) is 5.32 Å². The maximum atomic E-state index is 12.8. The van der Waals surface area contributed by atoms with E-state index in [9.17, 15) is 4.79 Å². The Morgan fingerprint density at radius 2 is 1.59 bits per heavy atom. The number of carbonyl (C=O) groups is 1. The van der Waals surface area contributed by atoms with Crippen LogP contribution in [0.2, 0.25) is 0 Å². The van der Waals surface area contributed by atoms with Crippen LogP contribution in [0.15, 0.2) is 91.0 Å². The SMILES string of the molecule is O=C(Nc1ccc(Cc2nc3ccccc3s2)cc1)c1cccc2ccccc12. The van der Waals surface area contributed by atoms with Gasteiger partial charge in [0, 0.05) is 17.7 Å². The number of hydrogen-bond acceptors (Lipinski definition) is 3. The highest BCUT2D eigenvalue weighted by Gasteiger charge is 2.10. The number of para-hydroxylation sites is 1. The molecule has 5 aromatic rings. The van der Waals surface area contributed by atoms with Gasteiger partial charge in [0.25, 0.3) is 5.91 Å². The van der Waals surface area contributed by atoms with Crippen molar-refractivity contribution in [2.45, 2.75) is 6.42 Å². The molecule has 0 saturated heterocycles. The first-order chi connectivity index (χ1) is 14.3. The normalized spacial score (nSPS) is 11.0. The lowest BCUT2D eigenvalue weighted by Gasteiger charge is -2.09. The van der Waals surface area contributed by atoms with Gasteiger partial charge in [-0.1, -0.05) is 60.7 Å². The van der Waals surface area contributed by atoms with E-state index in [-0.39, 0.29) is 5.91 Å². The zero-order valence-electron chi connectivity index (χ0n) is 15.6. The number of hydrogen-bond donors (Lipinski definition) is 1. The van der Waals surface area contributed by atoms with Crippen molar-refractivity contribution < 1.29 is 4.79 Å². The molecule has 0 saturated carbocycles. The lowest BCUT2D eigenvalue weighted by molar-refractivity contribution is 0.102. The number of amides is 1. The molecule has 0 fully saturated rings. The van der Waals surface area contributed by atoms with E-state index in [4.69, 9.17) is 4.98 Å². The van der Waals surface area contributed by atoms with Gasteiger partial charge in [0.15, 0.2) is 0 Å². The summed E-state index contributed by atoms with van der Waals surface area (Å²) in [5.74, 6) is -0.0966. The first kappa shape index (κ1) is 17.6. The minimum absolute atomic E-state index is 0.0966. The van der Waals surface area contributed by atoms with E-state index in [0.717, 1.165) is 33.4 Å². The van der Waals surface area contributed by atoms with Gasteiger partial charge in [-0.2, -0.15) is 0 Å². The second-order valence-corrected chi connectivity index (χ2v) is 8.05. The van der Waals surface area contributed by atoms with Crippen LogP contribution in [0.25, 0.3) is 21.0 Å². The summed E-state index contributed by atoms with van der Waals surface area (Å²) in [4.78, 5) is 17.5. The Bertz CT molecular complexity index is 1280. The Kier molecular flexibility index (Phi) is 4.54. The Morgan fingerprint density at radius 3 is 2.45 bits per heavy atom. The van der Waals surface area contributed by atoms with Crippen LogP contribution in [0.1, 0.15) is 20.9 Å². The smallest absolute Gasteiger partial charge is 0.256 e. The average molecular weight is 394 g/mol. The van der Waals surface area contributed by atoms with Crippen molar-refractivity contribution in [3.63, 3.8) is 0 Å². The van der Waals surface area contributed by atoms with E-state index in [2.05, 4.69) is 11.4 Å². The van der Waals surface area contributed by atoms with Gasteiger partial charge in [-0.3, -0.25) is 4.79 Å². The molecule has 1 amide bonds. The van der Waals surface area contributed by atoms with Crippen LogP contribution in [0, 0.1) is 0 Å². The maximum Gasteiger partial charge on any atom is 0.256 e. The quantitative estimate of drug-likeness (QED) is 0.389. The fraction of sp³-hybridized carbons (Fsp3) is 0.0400. The second kappa shape index (κ2) is 7.49. The molecule has 140 valence electrons. The summed E-state index contributed by atoms with van der Waals surface area (Å²) in [6.45, 7) is 0. The first-order valence-electron chi connectivity index (χ1n) is 9.49. The van der Waals surface area contributed by atoms with Crippen molar-refractivity contribution in [3.05, 3.63) is 107 Å². The Labute approximate surface area is 172 Å². The molecule has 4 heteroatoms. The van der Waals surface area contributed by atoms with Crippen molar-refractivity contribution in [1.82, 2.24) is 4.98 Å². The van der Waals surface area contributed by atoms with Crippen molar-refractivity contribution in [1.29, 1.82) is 0 Å². The van der Waals surface area contributed by atoms with E-state index in [0.29, 0.717) is 5.56 Å². The summed E-state index contributed by atoms with van der Waals surface area (Å²) in [5, 5.41) is 6.13. The number of nitrogens with one attached hydrogen (secondary N) is 1. The first-order valence-corrected chi connectivity index (χ1v) is 10.3. The van der Waals surface area contributed by atoms with Crippen LogP contribution >= 0.6 is 11.3 Å². The van der Waals surface area contributed by atoms with Crippen LogP contribution < -0.4 is 5.32 Å². The zero-order chi connectivity index (χ0) is 19.6. The van der Waals surface area contributed by atoms with Crippen LogP contribution in [0.4, 0.5) is 5.69 Å². The van der Waals surface area contributed by atoms with Gasteiger partial charge < -0.3 is 5.32 Å². The maximum absolute atomic E-state index is 12.8. The lowest BCUT2D eigenvalue weighted by atomic mass is 10.0. The minimum Gasteiger partial charge on any atom is -0.322 e. The summed E-state index contributed by atoms with van der Waals surface area (Å²) in [6, 6.07) is 29.9. The van der Waals surface area contributed by atoms with E-state index in [1.54, 1.807) is 11.3 Å². The van der Waals surface area contributed by atoms with Gasteiger partial charge in [0.05, 0.1) is 15.2 Å². The number of fused-ring (bicyclic) bond motifs is 2. The number of thiazole rings is 1. The van der Waals surface area contributed by atoms with E-state index in [1.165, 1.54) is 10.3 Å². The molecule has 3 nitrogen and oxygen atoms in total. The summed E-state index contributed by atoms with van der Waals surface area (Å²) in [7, 11) is 0. The predicted molar refractivity (Wildman–Crippen MR) is 121 cm³/mol. The van der Waals surface area contributed by atoms with Crippen LogP contribution in [-0.4, -0.2) is 10.9 Å². The van der Waals surface area contributed by atoms with Crippen LogP contribution in [0.3, 0.4) is 0 Å². The molecule has 5 rings (SSSR count). The molecular weight excluding hydrogens is 376 g/mol. The molecule has 0 aliphatic heterocycles. The molecule has 29 heavy (non-hydrogen) atoms. The van der Waals surface area contributed by atoms with Crippen LogP contribution in [-0.2, 0) is 6.42 Å². The number of nitrogens with zero attached hydrogens (tertiary/aromatic N) is 1. The van der Waals surface area contributed by atoms with Gasteiger partial charge in [-0.05, 0) is 46.7 Å². The summed E-state index contributed by atoms with van der Waals surface area (Å²) >= 11 is 1.72. The number of rotatable bonds is 4. The van der Waals surface area contributed by atoms with E-state index in [1.807, 2.05) is 84.9 Å². The molecular formula is C25H18N2OS. The summed E-state index contributed by atoms with van der Waals surface area (Å²) < 4.78 is 1.21. The average Bonchev–Trinajstić information content (AvgIpc) is 3.17. The molecule has 1 aromatic heterocycles. The van der Waals surface area contributed by atoms with Crippen molar-refractivity contribution >= 4 is 43.9 Å². The standard InChI is InChI=1S/C25H18N2OS/c28-25(21-9-5-7-18-6-1-2-8-20(18)21)26-19-14-12-17(13-15-19)16-24-27-22-10-3-4-11-23(22)29-24/h1-15H,16H2,(H,26,28). The van der Waals surface area contributed by atoms with Crippen LogP contribution in [0.5, 0.6) is 0 Å². The Balaban J connectivity index is 1.33. The molecule has 4 aromatic carbocycles. The van der Waals surface area contributed by atoms with E-state index < -0.39 is 0 Å². The third kappa shape index (κ3) is 3.62. The Morgan fingerprint density at radius 1 is 0.828 bits per heavy atom. The van der Waals surface area contributed by atoms with Gasteiger partial charge in [-0.25, -0.2) is 4.98 Å². The lowest BCUT2D eigenvalue weighted by Crippen LogP contribution is -2.12. The molecule has 1 N–H and O–H groups in total. The molecule has 0 radical (unpaired) electrons. The second-order valence-electron chi connectivity index (χ2n) is 6.93. The molecule has 1 heterocycles. The molecule has 0 atom stereocenters. The van der Waals surface area contributed by atoms with Gasteiger partial charge >= 0.3 is 0 Å². The summed E-state index contributed by atoms with van der Waals surface area (Å²) in [5.41, 5.74) is 3.69. The topological polar surface area (TPSA) is 42.0 Å². The molecule has 0 aliphatic carbocycles. The third-order valence-corrected chi connectivity index (χ3v) is 5.98. The molecule has 0 aliphatic rings. The zero-order valence-corrected chi connectivity index (χ0v) is 16.4. The van der Waals surface area contributed by atoms with Gasteiger partial charge in [0.2, 0.25) is 0 Å². The van der Waals surface area contributed by atoms with Crippen molar-refractivity contribution in [2.24, 2.45) is 0 Å². The number of anilines is 1. The number of aromatic nitrogens is 1. The molecule has 0 unspecified atom stereocenters. The highest BCUT2D eigenvalue weighted by atomic mass is 32.1. The van der Waals surface area contributed by atoms with Gasteiger partial charge in [0.1, 0.15) is 0 Å². The summed E-state index contributed by atoms with van der Waals surface area (Å²) in [6.07, 6.45) is 0.789.